The molecule has 126 valence electrons. The molecule has 0 saturated heterocycles. The van der Waals surface area contributed by atoms with Gasteiger partial charge in [-0.3, -0.25) is 4.79 Å². The summed E-state index contributed by atoms with van der Waals surface area (Å²) in [6.07, 6.45) is 1.47. The molecule has 0 aliphatic heterocycles. The van der Waals surface area contributed by atoms with Crippen LogP contribution in [0, 0.1) is 0 Å². The maximum Gasteiger partial charge on any atom is 0.277 e. The first kappa shape index (κ1) is 18.1. The van der Waals surface area contributed by atoms with Gasteiger partial charge in [0.05, 0.1) is 12.8 Å². The number of carbonyl (C=O) groups is 1. The number of rotatable bonds is 7. The Hall–Kier alpha value is -2.24. The molecule has 1 amide bonds. The molecular formula is C17H16Cl2N2O3. The SMILES string of the molecule is CCOc1ccc(Cl)cc1/C=N/NC(=O)COc1cccc(Cl)c1. The van der Waals surface area contributed by atoms with Crippen LogP contribution < -0.4 is 14.9 Å². The lowest BCUT2D eigenvalue weighted by Gasteiger charge is -2.07. The summed E-state index contributed by atoms with van der Waals surface area (Å²) in [5.74, 6) is 0.747. The van der Waals surface area contributed by atoms with Crippen LogP contribution in [0.1, 0.15) is 12.5 Å². The number of ether oxygens (including phenoxy) is 2. The van der Waals surface area contributed by atoms with Gasteiger partial charge in [-0.25, -0.2) is 5.43 Å². The van der Waals surface area contributed by atoms with Crippen molar-refractivity contribution in [3.8, 4) is 11.5 Å². The number of nitrogens with zero attached hydrogens (tertiary/aromatic N) is 1. The molecule has 5 nitrogen and oxygen atoms in total. The van der Waals surface area contributed by atoms with Gasteiger partial charge in [-0.05, 0) is 43.3 Å². The molecule has 0 radical (unpaired) electrons. The monoisotopic (exact) mass is 366 g/mol. The Bertz CT molecular complexity index is 736. The summed E-state index contributed by atoms with van der Waals surface area (Å²) < 4.78 is 10.8. The van der Waals surface area contributed by atoms with Crippen molar-refractivity contribution in [2.75, 3.05) is 13.2 Å². The topological polar surface area (TPSA) is 59.9 Å². The largest absolute Gasteiger partial charge is 0.493 e. The molecule has 2 aromatic carbocycles. The van der Waals surface area contributed by atoms with Crippen LogP contribution in [0.2, 0.25) is 10.0 Å². The van der Waals surface area contributed by atoms with E-state index < -0.39 is 5.91 Å². The van der Waals surface area contributed by atoms with E-state index in [1.165, 1.54) is 6.21 Å². The Balaban J connectivity index is 1.89. The molecule has 0 aromatic heterocycles. The predicted octanol–water partition coefficient (Wildman–Crippen LogP) is 3.92. The molecule has 2 rings (SSSR count). The van der Waals surface area contributed by atoms with Crippen molar-refractivity contribution < 1.29 is 14.3 Å². The second-order valence-electron chi connectivity index (χ2n) is 4.65. The summed E-state index contributed by atoms with van der Waals surface area (Å²) in [6, 6.07) is 12.0. The molecule has 0 saturated carbocycles. The van der Waals surface area contributed by atoms with Crippen LogP contribution in [0.3, 0.4) is 0 Å². The summed E-state index contributed by atoms with van der Waals surface area (Å²) in [7, 11) is 0. The summed E-state index contributed by atoms with van der Waals surface area (Å²) in [6.45, 7) is 2.22. The molecule has 0 spiro atoms. The molecule has 24 heavy (non-hydrogen) atoms. The summed E-state index contributed by atoms with van der Waals surface area (Å²) >= 11 is 11.8. The molecule has 0 aliphatic carbocycles. The molecule has 0 aliphatic rings. The van der Waals surface area contributed by atoms with Crippen molar-refractivity contribution in [1.82, 2.24) is 5.43 Å². The first-order chi connectivity index (χ1) is 11.6. The number of benzene rings is 2. The van der Waals surface area contributed by atoms with Gasteiger partial charge in [0.15, 0.2) is 6.61 Å². The maximum absolute atomic E-state index is 11.7. The lowest BCUT2D eigenvalue weighted by Crippen LogP contribution is -2.24. The number of hydrogen-bond acceptors (Lipinski definition) is 4. The van der Waals surface area contributed by atoms with Gasteiger partial charge in [-0.15, -0.1) is 0 Å². The van der Waals surface area contributed by atoms with Crippen molar-refractivity contribution in [1.29, 1.82) is 0 Å². The van der Waals surface area contributed by atoms with Gasteiger partial charge in [0, 0.05) is 15.6 Å². The van der Waals surface area contributed by atoms with E-state index in [1.54, 1.807) is 42.5 Å². The summed E-state index contributed by atoms with van der Waals surface area (Å²) in [4.78, 5) is 11.7. The Kier molecular flexibility index (Phi) is 6.90. The van der Waals surface area contributed by atoms with Crippen molar-refractivity contribution in [2.45, 2.75) is 6.92 Å². The molecule has 0 heterocycles. The smallest absolute Gasteiger partial charge is 0.277 e. The van der Waals surface area contributed by atoms with Gasteiger partial charge in [0.1, 0.15) is 11.5 Å². The minimum absolute atomic E-state index is 0.175. The average Bonchev–Trinajstić information content (AvgIpc) is 2.55. The number of carbonyl (C=O) groups excluding carboxylic acids is 1. The fourth-order valence-corrected chi connectivity index (χ4v) is 2.18. The van der Waals surface area contributed by atoms with E-state index in [-0.39, 0.29) is 6.61 Å². The molecule has 0 atom stereocenters. The van der Waals surface area contributed by atoms with Gasteiger partial charge in [0.25, 0.3) is 5.91 Å². The normalized spacial score (nSPS) is 10.6. The van der Waals surface area contributed by atoms with Gasteiger partial charge >= 0.3 is 0 Å². The molecule has 0 unspecified atom stereocenters. The number of hydrogen-bond donors (Lipinski definition) is 1. The fourth-order valence-electron chi connectivity index (χ4n) is 1.82. The second-order valence-corrected chi connectivity index (χ2v) is 5.53. The summed E-state index contributed by atoms with van der Waals surface area (Å²) in [5, 5.41) is 4.97. The first-order valence-electron chi connectivity index (χ1n) is 7.21. The predicted molar refractivity (Wildman–Crippen MR) is 95.3 cm³/mol. The standard InChI is InChI=1S/C17H16Cl2N2O3/c1-2-23-16-7-6-14(19)8-12(16)10-20-21-17(22)11-24-15-5-3-4-13(18)9-15/h3-10H,2,11H2,1H3,(H,21,22)/b20-10+. The first-order valence-corrected chi connectivity index (χ1v) is 7.96. The van der Waals surface area contributed by atoms with Crippen molar-refractivity contribution >= 4 is 35.3 Å². The third kappa shape index (κ3) is 5.76. The van der Waals surface area contributed by atoms with Crippen LogP contribution in [-0.4, -0.2) is 25.3 Å². The second kappa shape index (κ2) is 9.15. The van der Waals surface area contributed by atoms with E-state index in [1.807, 2.05) is 6.92 Å². The fraction of sp³-hybridized carbons (Fsp3) is 0.176. The molecule has 0 fully saturated rings. The Morgan fingerprint density at radius 1 is 1.17 bits per heavy atom. The molecule has 7 heteroatoms. The van der Waals surface area contributed by atoms with E-state index in [0.29, 0.717) is 33.7 Å². The van der Waals surface area contributed by atoms with Gasteiger partial charge < -0.3 is 9.47 Å². The Morgan fingerprint density at radius 3 is 2.71 bits per heavy atom. The van der Waals surface area contributed by atoms with Crippen LogP contribution in [0.4, 0.5) is 0 Å². The van der Waals surface area contributed by atoms with Crippen molar-refractivity contribution in [2.24, 2.45) is 5.10 Å². The minimum atomic E-state index is -0.397. The van der Waals surface area contributed by atoms with Gasteiger partial charge in [-0.1, -0.05) is 29.3 Å². The highest BCUT2D eigenvalue weighted by Crippen LogP contribution is 2.21. The summed E-state index contributed by atoms with van der Waals surface area (Å²) in [5.41, 5.74) is 3.05. The average molecular weight is 367 g/mol. The van der Waals surface area contributed by atoms with E-state index in [4.69, 9.17) is 32.7 Å². The third-order valence-corrected chi connectivity index (χ3v) is 3.30. The third-order valence-electron chi connectivity index (χ3n) is 2.83. The van der Waals surface area contributed by atoms with Crippen LogP contribution in [0.5, 0.6) is 11.5 Å². The number of hydrazone groups is 1. The van der Waals surface area contributed by atoms with Gasteiger partial charge in [0.2, 0.25) is 0 Å². The number of nitrogens with one attached hydrogen (secondary N) is 1. The van der Waals surface area contributed by atoms with Crippen LogP contribution in [0.15, 0.2) is 47.6 Å². The van der Waals surface area contributed by atoms with Crippen LogP contribution in [-0.2, 0) is 4.79 Å². The van der Waals surface area contributed by atoms with Gasteiger partial charge in [-0.2, -0.15) is 5.10 Å². The zero-order chi connectivity index (χ0) is 17.4. The minimum Gasteiger partial charge on any atom is -0.493 e. The van der Waals surface area contributed by atoms with Crippen molar-refractivity contribution in [3.05, 3.63) is 58.1 Å². The molecule has 2 aromatic rings. The lowest BCUT2D eigenvalue weighted by molar-refractivity contribution is -0.123. The highest BCUT2D eigenvalue weighted by atomic mass is 35.5. The lowest BCUT2D eigenvalue weighted by atomic mass is 10.2. The van der Waals surface area contributed by atoms with Crippen molar-refractivity contribution in [3.63, 3.8) is 0 Å². The molecule has 1 N–H and O–H groups in total. The highest BCUT2D eigenvalue weighted by Gasteiger charge is 2.04. The maximum atomic E-state index is 11.7. The Labute approximate surface area is 150 Å². The zero-order valence-electron chi connectivity index (χ0n) is 13.0. The van der Waals surface area contributed by atoms with E-state index in [2.05, 4.69) is 10.5 Å². The molecular weight excluding hydrogens is 351 g/mol. The quantitative estimate of drug-likeness (QED) is 0.596. The zero-order valence-corrected chi connectivity index (χ0v) is 14.5. The van der Waals surface area contributed by atoms with Crippen LogP contribution in [0.25, 0.3) is 0 Å². The van der Waals surface area contributed by atoms with E-state index in [0.717, 1.165) is 0 Å². The van der Waals surface area contributed by atoms with E-state index in [9.17, 15) is 4.79 Å². The highest BCUT2D eigenvalue weighted by molar-refractivity contribution is 6.31. The number of amides is 1. The molecule has 0 bridgehead atoms. The van der Waals surface area contributed by atoms with Crippen LogP contribution >= 0.6 is 23.2 Å². The van der Waals surface area contributed by atoms with E-state index >= 15 is 0 Å². The Morgan fingerprint density at radius 2 is 1.96 bits per heavy atom. The number of halogens is 2.